The Morgan fingerprint density at radius 2 is 1.65 bits per heavy atom. The van der Waals surface area contributed by atoms with Crippen LogP contribution in [0.15, 0.2) is 71.8 Å². The zero-order valence-electron chi connectivity index (χ0n) is 14.4. The minimum absolute atomic E-state index is 0.291. The molecular formula is C21H19N3O2. The number of hydrogen-bond acceptors (Lipinski definition) is 3. The summed E-state index contributed by atoms with van der Waals surface area (Å²) < 4.78 is 0. The lowest BCUT2D eigenvalue weighted by molar-refractivity contribution is -0.126. The highest BCUT2D eigenvalue weighted by Gasteiger charge is 2.08. The molecule has 5 heteroatoms. The van der Waals surface area contributed by atoms with Gasteiger partial charge in [0.1, 0.15) is 6.42 Å². The Labute approximate surface area is 151 Å². The standard InChI is InChI=1S/C21H19N3O2/c1-15-9-11-18(12-10-15)23-20(25)13-21(26)24-22-14-17-7-4-6-16-5-2-3-8-19(16)17/h2-12,14H,13H2,1H3,(H,23,25)(H,24,26). The molecule has 26 heavy (non-hydrogen) atoms. The number of carbonyl (C=O) groups excluding carboxylic acids is 2. The maximum Gasteiger partial charge on any atom is 0.249 e. The molecule has 0 spiro atoms. The fraction of sp³-hybridized carbons (Fsp3) is 0.0952. The molecule has 0 heterocycles. The monoisotopic (exact) mass is 345 g/mol. The minimum atomic E-state index is -0.467. The van der Waals surface area contributed by atoms with Crippen molar-refractivity contribution in [1.29, 1.82) is 0 Å². The molecule has 3 aromatic carbocycles. The van der Waals surface area contributed by atoms with Gasteiger partial charge in [-0.25, -0.2) is 5.43 Å². The molecule has 2 N–H and O–H groups in total. The molecule has 0 aromatic heterocycles. The summed E-state index contributed by atoms with van der Waals surface area (Å²) in [6.45, 7) is 1.97. The first-order valence-corrected chi connectivity index (χ1v) is 8.28. The molecular weight excluding hydrogens is 326 g/mol. The maximum absolute atomic E-state index is 11.9. The van der Waals surface area contributed by atoms with Crippen LogP contribution in [0.2, 0.25) is 0 Å². The summed E-state index contributed by atoms with van der Waals surface area (Å²) in [5.74, 6) is -0.849. The van der Waals surface area contributed by atoms with Gasteiger partial charge in [-0.2, -0.15) is 5.10 Å². The van der Waals surface area contributed by atoms with Crippen molar-refractivity contribution in [2.75, 3.05) is 5.32 Å². The zero-order valence-corrected chi connectivity index (χ0v) is 14.4. The highest BCUT2D eigenvalue weighted by atomic mass is 16.2. The Hall–Kier alpha value is -3.47. The zero-order chi connectivity index (χ0) is 18.4. The van der Waals surface area contributed by atoms with Gasteiger partial charge in [-0.15, -0.1) is 0 Å². The predicted octanol–water partition coefficient (Wildman–Crippen LogP) is 3.63. The van der Waals surface area contributed by atoms with Crippen LogP contribution in [0.5, 0.6) is 0 Å². The van der Waals surface area contributed by atoms with Crippen LogP contribution in [0.3, 0.4) is 0 Å². The van der Waals surface area contributed by atoms with Gasteiger partial charge in [0.05, 0.1) is 6.21 Å². The molecule has 130 valence electrons. The normalized spacial score (nSPS) is 10.8. The van der Waals surface area contributed by atoms with E-state index >= 15 is 0 Å². The molecule has 0 unspecified atom stereocenters. The first kappa shape index (κ1) is 17.4. The average Bonchev–Trinajstić information content (AvgIpc) is 2.64. The topological polar surface area (TPSA) is 70.6 Å². The van der Waals surface area contributed by atoms with Crippen LogP contribution in [0.1, 0.15) is 17.5 Å². The van der Waals surface area contributed by atoms with E-state index in [0.717, 1.165) is 21.9 Å². The Morgan fingerprint density at radius 3 is 2.46 bits per heavy atom. The smallest absolute Gasteiger partial charge is 0.249 e. The van der Waals surface area contributed by atoms with Crippen LogP contribution in [-0.4, -0.2) is 18.0 Å². The number of carbonyl (C=O) groups is 2. The molecule has 3 rings (SSSR count). The van der Waals surface area contributed by atoms with Gasteiger partial charge in [-0.05, 0) is 29.8 Å². The van der Waals surface area contributed by atoms with E-state index in [0.29, 0.717) is 5.69 Å². The predicted molar refractivity (Wildman–Crippen MR) is 104 cm³/mol. The van der Waals surface area contributed by atoms with Crippen molar-refractivity contribution in [3.63, 3.8) is 0 Å². The van der Waals surface area contributed by atoms with Crippen LogP contribution in [0, 0.1) is 6.92 Å². The van der Waals surface area contributed by atoms with E-state index in [1.54, 1.807) is 18.3 Å². The highest BCUT2D eigenvalue weighted by molar-refractivity contribution is 6.04. The minimum Gasteiger partial charge on any atom is -0.326 e. The molecule has 3 aromatic rings. The third-order valence-electron chi connectivity index (χ3n) is 3.87. The van der Waals surface area contributed by atoms with Crippen molar-refractivity contribution in [3.8, 4) is 0 Å². The van der Waals surface area contributed by atoms with E-state index in [-0.39, 0.29) is 12.3 Å². The van der Waals surface area contributed by atoms with Gasteiger partial charge >= 0.3 is 0 Å². The fourth-order valence-electron chi connectivity index (χ4n) is 2.56. The van der Waals surface area contributed by atoms with Crippen molar-refractivity contribution >= 4 is 34.5 Å². The molecule has 0 saturated heterocycles. The lowest BCUT2D eigenvalue weighted by atomic mass is 10.1. The Bertz CT molecular complexity index is 957. The van der Waals surface area contributed by atoms with E-state index in [4.69, 9.17) is 0 Å². The van der Waals surface area contributed by atoms with Gasteiger partial charge in [0, 0.05) is 11.3 Å². The molecule has 0 aliphatic rings. The molecule has 2 amide bonds. The number of amides is 2. The molecule has 0 fully saturated rings. The number of hydrazone groups is 1. The largest absolute Gasteiger partial charge is 0.326 e. The van der Waals surface area contributed by atoms with E-state index in [1.807, 2.05) is 61.5 Å². The third kappa shape index (κ3) is 4.54. The van der Waals surface area contributed by atoms with Crippen LogP contribution in [0.4, 0.5) is 5.69 Å². The number of hydrogen-bond donors (Lipinski definition) is 2. The van der Waals surface area contributed by atoms with Crippen molar-refractivity contribution < 1.29 is 9.59 Å². The second-order valence-corrected chi connectivity index (χ2v) is 5.95. The molecule has 5 nitrogen and oxygen atoms in total. The van der Waals surface area contributed by atoms with Gasteiger partial charge in [0.25, 0.3) is 0 Å². The van der Waals surface area contributed by atoms with E-state index in [2.05, 4.69) is 15.8 Å². The quantitative estimate of drug-likeness (QED) is 0.421. The molecule has 0 aliphatic carbocycles. The Balaban J connectivity index is 1.55. The first-order chi connectivity index (χ1) is 12.6. The van der Waals surface area contributed by atoms with Gasteiger partial charge < -0.3 is 5.32 Å². The van der Waals surface area contributed by atoms with Gasteiger partial charge in [-0.3, -0.25) is 9.59 Å². The van der Waals surface area contributed by atoms with E-state index in [9.17, 15) is 9.59 Å². The van der Waals surface area contributed by atoms with Crippen LogP contribution >= 0.6 is 0 Å². The van der Waals surface area contributed by atoms with Crippen LogP contribution < -0.4 is 10.7 Å². The molecule has 0 atom stereocenters. The Morgan fingerprint density at radius 1 is 0.923 bits per heavy atom. The van der Waals surface area contributed by atoms with Gasteiger partial charge in [0.15, 0.2) is 0 Å². The maximum atomic E-state index is 11.9. The number of aryl methyl sites for hydroxylation is 1. The van der Waals surface area contributed by atoms with Crippen molar-refractivity contribution in [2.45, 2.75) is 13.3 Å². The third-order valence-corrected chi connectivity index (χ3v) is 3.87. The lowest BCUT2D eigenvalue weighted by Crippen LogP contribution is -2.24. The molecule has 0 saturated carbocycles. The molecule has 0 aliphatic heterocycles. The summed E-state index contributed by atoms with van der Waals surface area (Å²) in [6, 6.07) is 21.2. The summed E-state index contributed by atoms with van der Waals surface area (Å²) in [7, 11) is 0. The van der Waals surface area contributed by atoms with Crippen LogP contribution in [-0.2, 0) is 9.59 Å². The van der Waals surface area contributed by atoms with Crippen LogP contribution in [0.25, 0.3) is 10.8 Å². The van der Waals surface area contributed by atoms with Gasteiger partial charge in [0.2, 0.25) is 11.8 Å². The number of fused-ring (bicyclic) bond motifs is 1. The van der Waals surface area contributed by atoms with E-state index < -0.39 is 5.91 Å². The average molecular weight is 345 g/mol. The lowest BCUT2D eigenvalue weighted by Gasteiger charge is -2.05. The first-order valence-electron chi connectivity index (χ1n) is 8.28. The van der Waals surface area contributed by atoms with E-state index in [1.165, 1.54) is 0 Å². The van der Waals surface area contributed by atoms with Crippen molar-refractivity contribution in [1.82, 2.24) is 5.43 Å². The SMILES string of the molecule is Cc1ccc(NC(=O)CC(=O)NN=Cc2cccc3ccccc23)cc1. The Kier molecular flexibility index (Phi) is 5.39. The number of nitrogens with zero attached hydrogens (tertiary/aromatic N) is 1. The summed E-state index contributed by atoms with van der Waals surface area (Å²) in [5, 5.41) is 8.78. The van der Waals surface area contributed by atoms with Gasteiger partial charge in [-0.1, -0.05) is 60.2 Å². The second kappa shape index (κ2) is 8.07. The second-order valence-electron chi connectivity index (χ2n) is 5.95. The number of rotatable bonds is 5. The highest BCUT2D eigenvalue weighted by Crippen LogP contribution is 2.16. The number of anilines is 1. The molecule has 0 radical (unpaired) electrons. The number of nitrogens with one attached hydrogen (secondary N) is 2. The summed E-state index contributed by atoms with van der Waals surface area (Å²) in [4.78, 5) is 23.8. The fourth-order valence-corrected chi connectivity index (χ4v) is 2.56. The van der Waals surface area contributed by atoms with Crippen molar-refractivity contribution in [2.24, 2.45) is 5.10 Å². The van der Waals surface area contributed by atoms with Crippen molar-refractivity contribution in [3.05, 3.63) is 77.9 Å². The summed E-state index contributed by atoms with van der Waals surface area (Å²) in [6.07, 6.45) is 1.29. The summed E-state index contributed by atoms with van der Waals surface area (Å²) >= 11 is 0. The molecule has 0 bridgehead atoms. The number of benzene rings is 3. The summed E-state index contributed by atoms with van der Waals surface area (Å²) in [5.41, 5.74) is 5.05.